The number of carbonyl (C=O) groups is 1. The van der Waals surface area contributed by atoms with Gasteiger partial charge < -0.3 is 4.79 Å². The van der Waals surface area contributed by atoms with Gasteiger partial charge in [-0.2, -0.15) is 0 Å². The summed E-state index contributed by atoms with van der Waals surface area (Å²) < 4.78 is 13.2. The van der Waals surface area contributed by atoms with Gasteiger partial charge in [0, 0.05) is 0 Å². The van der Waals surface area contributed by atoms with Crippen molar-refractivity contribution >= 4 is 6.29 Å². The molecular formula is C17H19FO. The van der Waals surface area contributed by atoms with Crippen LogP contribution in [0.15, 0.2) is 24.3 Å². The summed E-state index contributed by atoms with van der Waals surface area (Å²) >= 11 is 0. The van der Waals surface area contributed by atoms with E-state index in [0.717, 1.165) is 17.4 Å². The topological polar surface area (TPSA) is 17.1 Å². The van der Waals surface area contributed by atoms with Gasteiger partial charge >= 0.3 is 0 Å². The largest absolute Gasteiger partial charge is 0.302 e. The normalized spacial score (nSPS) is 43.4. The second-order valence-electron chi connectivity index (χ2n) is 6.86. The minimum absolute atomic E-state index is 0.214. The Morgan fingerprint density at radius 1 is 0.947 bits per heavy atom. The van der Waals surface area contributed by atoms with Gasteiger partial charge in [-0.3, -0.25) is 0 Å². The molecule has 0 unspecified atom stereocenters. The summed E-state index contributed by atoms with van der Waals surface area (Å²) in [4.78, 5) is 12.0. The fourth-order valence-corrected chi connectivity index (χ4v) is 5.43. The Morgan fingerprint density at radius 3 is 1.95 bits per heavy atom. The lowest BCUT2D eigenvalue weighted by molar-refractivity contribution is -0.129. The van der Waals surface area contributed by atoms with Gasteiger partial charge in [-0.1, -0.05) is 12.1 Å². The smallest absolute Gasteiger partial charge is 0.131 e. The summed E-state index contributed by atoms with van der Waals surface area (Å²) in [7, 11) is 0. The third kappa shape index (κ3) is 1.49. The van der Waals surface area contributed by atoms with Crippen LogP contribution in [0.25, 0.3) is 0 Å². The fraction of sp³-hybridized carbons (Fsp3) is 0.588. The summed E-state index contributed by atoms with van der Waals surface area (Å²) in [6.07, 6.45) is 7.37. The number of halogens is 1. The van der Waals surface area contributed by atoms with Crippen LogP contribution in [0.5, 0.6) is 0 Å². The summed E-state index contributed by atoms with van der Waals surface area (Å²) in [6.45, 7) is 0. The van der Waals surface area contributed by atoms with Gasteiger partial charge in [-0.05, 0) is 73.5 Å². The molecule has 4 saturated carbocycles. The van der Waals surface area contributed by atoms with Crippen molar-refractivity contribution in [1.29, 1.82) is 0 Å². The number of benzene rings is 1. The van der Waals surface area contributed by atoms with Crippen molar-refractivity contribution in [3.8, 4) is 0 Å². The Hall–Kier alpha value is -1.18. The van der Waals surface area contributed by atoms with E-state index in [4.69, 9.17) is 0 Å². The van der Waals surface area contributed by atoms with E-state index in [9.17, 15) is 9.18 Å². The number of aldehydes is 1. The van der Waals surface area contributed by atoms with Crippen molar-refractivity contribution in [3.63, 3.8) is 0 Å². The maximum Gasteiger partial charge on any atom is 0.131 e. The van der Waals surface area contributed by atoms with Crippen LogP contribution in [0.2, 0.25) is 0 Å². The third-order valence-electron chi connectivity index (χ3n) is 6.03. The van der Waals surface area contributed by atoms with Gasteiger partial charge in [0.05, 0.1) is 5.41 Å². The minimum Gasteiger partial charge on any atom is -0.302 e. The van der Waals surface area contributed by atoms with E-state index in [1.165, 1.54) is 50.5 Å². The van der Waals surface area contributed by atoms with Crippen LogP contribution in [-0.2, 0) is 10.2 Å². The highest BCUT2D eigenvalue weighted by Crippen LogP contribution is 2.62. The van der Waals surface area contributed by atoms with Crippen LogP contribution in [-0.4, -0.2) is 6.29 Å². The molecule has 100 valence electrons. The lowest BCUT2D eigenvalue weighted by atomic mass is 9.44. The van der Waals surface area contributed by atoms with E-state index in [1.807, 2.05) is 12.1 Å². The molecule has 4 aliphatic carbocycles. The second-order valence-corrected chi connectivity index (χ2v) is 6.86. The van der Waals surface area contributed by atoms with Gasteiger partial charge in [0.15, 0.2) is 0 Å². The molecule has 4 fully saturated rings. The highest BCUT2D eigenvalue weighted by Gasteiger charge is 2.57. The highest BCUT2D eigenvalue weighted by atomic mass is 19.1. The van der Waals surface area contributed by atoms with E-state index in [0.29, 0.717) is 11.8 Å². The van der Waals surface area contributed by atoms with E-state index in [1.54, 1.807) is 0 Å². The molecule has 2 heteroatoms. The molecule has 1 nitrogen and oxygen atoms in total. The van der Waals surface area contributed by atoms with Gasteiger partial charge in [0.2, 0.25) is 0 Å². The SMILES string of the molecule is O=CC1(c2ccc(F)cc2)C2CC3CC(C2)CC1C3. The molecule has 4 aliphatic rings. The van der Waals surface area contributed by atoms with Crippen LogP contribution < -0.4 is 0 Å². The van der Waals surface area contributed by atoms with Crippen LogP contribution in [0.1, 0.15) is 37.7 Å². The van der Waals surface area contributed by atoms with Crippen LogP contribution >= 0.6 is 0 Å². The molecule has 0 heterocycles. The zero-order valence-corrected chi connectivity index (χ0v) is 11.0. The van der Waals surface area contributed by atoms with Crippen molar-refractivity contribution in [1.82, 2.24) is 0 Å². The first-order chi connectivity index (χ1) is 9.22. The maximum absolute atomic E-state index is 13.2. The Kier molecular flexibility index (Phi) is 2.39. The number of hydrogen-bond donors (Lipinski definition) is 0. The Morgan fingerprint density at radius 2 is 1.47 bits per heavy atom. The first kappa shape index (κ1) is 11.6. The zero-order valence-electron chi connectivity index (χ0n) is 11.0. The van der Waals surface area contributed by atoms with E-state index in [-0.39, 0.29) is 11.2 Å². The third-order valence-corrected chi connectivity index (χ3v) is 6.03. The summed E-state index contributed by atoms with van der Waals surface area (Å²) in [6, 6.07) is 6.69. The van der Waals surface area contributed by atoms with Crippen molar-refractivity contribution in [3.05, 3.63) is 35.6 Å². The van der Waals surface area contributed by atoms with Crippen molar-refractivity contribution < 1.29 is 9.18 Å². The molecule has 1 aromatic rings. The molecule has 0 aliphatic heterocycles. The minimum atomic E-state index is -0.318. The molecule has 19 heavy (non-hydrogen) atoms. The standard InChI is InChI=1S/C17H19FO/c18-16-3-1-13(2-4-16)17(10-19)14-6-11-5-12(8-14)9-15(17)7-11/h1-4,10-12,14-15H,5-9H2. The number of hydrogen-bond acceptors (Lipinski definition) is 1. The summed E-state index contributed by atoms with van der Waals surface area (Å²) in [5.41, 5.74) is 0.735. The molecule has 0 N–H and O–H groups in total. The van der Waals surface area contributed by atoms with Crippen LogP contribution in [0.4, 0.5) is 4.39 Å². The maximum atomic E-state index is 13.2. The molecule has 0 saturated heterocycles. The first-order valence-corrected chi connectivity index (χ1v) is 7.44. The zero-order chi connectivity index (χ0) is 13.0. The van der Waals surface area contributed by atoms with Gasteiger partial charge in [0.25, 0.3) is 0 Å². The lowest BCUT2D eigenvalue weighted by Gasteiger charge is -2.59. The number of carbonyl (C=O) groups excluding carboxylic acids is 1. The quantitative estimate of drug-likeness (QED) is 0.739. The molecule has 0 spiro atoms. The van der Waals surface area contributed by atoms with Crippen molar-refractivity contribution in [2.45, 2.75) is 37.5 Å². The first-order valence-electron chi connectivity index (χ1n) is 7.44. The second kappa shape index (κ2) is 3.91. The fourth-order valence-electron chi connectivity index (χ4n) is 5.43. The summed E-state index contributed by atoms with van der Waals surface area (Å²) in [5.74, 6) is 2.46. The predicted octanol–water partition coefficient (Wildman–Crippen LogP) is 3.72. The molecule has 0 amide bonds. The molecule has 0 atom stereocenters. The van der Waals surface area contributed by atoms with Crippen molar-refractivity contribution in [2.24, 2.45) is 23.7 Å². The molecule has 0 aromatic heterocycles. The lowest BCUT2D eigenvalue weighted by Crippen LogP contribution is -2.56. The summed E-state index contributed by atoms with van der Waals surface area (Å²) in [5, 5.41) is 0. The van der Waals surface area contributed by atoms with E-state index in [2.05, 4.69) is 0 Å². The molecule has 5 rings (SSSR count). The van der Waals surface area contributed by atoms with Gasteiger partial charge in [-0.25, -0.2) is 4.39 Å². The van der Waals surface area contributed by atoms with E-state index >= 15 is 0 Å². The Bertz CT molecular complexity index is 476. The molecule has 0 radical (unpaired) electrons. The van der Waals surface area contributed by atoms with Gasteiger partial charge in [0.1, 0.15) is 12.1 Å². The van der Waals surface area contributed by atoms with Crippen LogP contribution in [0.3, 0.4) is 0 Å². The van der Waals surface area contributed by atoms with Crippen LogP contribution in [0, 0.1) is 29.5 Å². The Labute approximate surface area is 113 Å². The molecule has 4 bridgehead atoms. The van der Waals surface area contributed by atoms with Gasteiger partial charge in [-0.15, -0.1) is 0 Å². The monoisotopic (exact) mass is 258 g/mol. The molecular weight excluding hydrogens is 239 g/mol. The number of rotatable bonds is 2. The highest BCUT2D eigenvalue weighted by molar-refractivity contribution is 5.71. The average Bonchev–Trinajstić information content (AvgIpc) is 2.40. The Balaban J connectivity index is 1.81. The van der Waals surface area contributed by atoms with Crippen molar-refractivity contribution in [2.75, 3.05) is 0 Å². The molecule has 1 aromatic carbocycles. The predicted molar refractivity (Wildman–Crippen MR) is 71.2 cm³/mol. The average molecular weight is 258 g/mol. The van der Waals surface area contributed by atoms with E-state index < -0.39 is 0 Å².